The summed E-state index contributed by atoms with van der Waals surface area (Å²) in [6.45, 7) is 0.801. The van der Waals surface area contributed by atoms with Crippen molar-refractivity contribution in [2.75, 3.05) is 26.1 Å². The second-order valence-corrected chi connectivity index (χ2v) is 5.49. The molecule has 0 aliphatic carbocycles. The number of carbonyl (C=O) groups is 1. The number of benzene rings is 1. The molecule has 1 aromatic carbocycles. The van der Waals surface area contributed by atoms with E-state index in [9.17, 15) is 4.79 Å². The monoisotopic (exact) mass is 341 g/mol. The first-order chi connectivity index (χ1) is 9.72. The minimum absolute atomic E-state index is 0.0184. The maximum Gasteiger partial charge on any atom is 0.258 e. The van der Waals surface area contributed by atoms with Crippen LogP contribution < -0.4 is 9.47 Å². The van der Waals surface area contributed by atoms with Gasteiger partial charge < -0.3 is 14.4 Å². The van der Waals surface area contributed by atoms with E-state index >= 15 is 0 Å². The van der Waals surface area contributed by atoms with E-state index in [2.05, 4.69) is 15.9 Å². The van der Waals surface area contributed by atoms with Crippen LogP contribution in [0.2, 0.25) is 0 Å². The third-order valence-corrected chi connectivity index (χ3v) is 4.45. The van der Waals surface area contributed by atoms with E-state index in [0.29, 0.717) is 17.1 Å². The topological polar surface area (TPSA) is 38.8 Å². The third kappa shape index (κ3) is 2.92. The maximum absolute atomic E-state index is 12.8. The Labute approximate surface area is 128 Å². The third-order valence-electron chi connectivity index (χ3n) is 3.70. The van der Waals surface area contributed by atoms with E-state index in [0.717, 1.165) is 24.7 Å². The van der Waals surface area contributed by atoms with Gasteiger partial charge in [0, 0.05) is 17.9 Å². The van der Waals surface area contributed by atoms with E-state index < -0.39 is 0 Å². The smallest absolute Gasteiger partial charge is 0.258 e. The Balaban J connectivity index is 2.32. The molecule has 1 heterocycles. The van der Waals surface area contributed by atoms with Crippen LogP contribution in [0.4, 0.5) is 0 Å². The van der Waals surface area contributed by atoms with Gasteiger partial charge in [0.25, 0.3) is 5.91 Å². The van der Waals surface area contributed by atoms with Crippen molar-refractivity contribution in [2.45, 2.75) is 25.3 Å². The first-order valence-electron chi connectivity index (χ1n) is 6.80. The number of carbonyl (C=O) groups excluding carboxylic acids is 1. The summed E-state index contributed by atoms with van der Waals surface area (Å²) in [6.07, 6.45) is 3.28. The summed E-state index contributed by atoms with van der Waals surface area (Å²) in [5, 5.41) is 0.811. The summed E-state index contributed by atoms with van der Waals surface area (Å²) in [5.74, 6) is 1.12. The minimum Gasteiger partial charge on any atom is -0.493 e. The van der Waals surface area contributed by atoms with Crippen LogP contribution in [-0.2, 0) is 0 Å². The number of hydrogen-bond donors (Lipinski definition) is 0. The number of rotatable bonds is 4. The lowest BCUT2D eigenvalue weighted by Crippen LogP contribution is -2.44. The highest BCUT2D eigenvalue weighted by molar-refractivity contribution is 9.09. The molecule has 0 N–H and O–H groups in total. The van der Waals surface area contributed by atoms with Gasteiger partial charge in [-0.05, 0) is 31.4 Å². The normalized spacial score (nSPS) is 18.8. The number of halogens is 1. The number of alkyl halides is 1. The molecule has 2 rings (SSSR count). The second kappa shape index (κ2) is 6.97. The summed E-state index contributed by atoms with van der Waals surface area (Å²) in [7, 11) is 3.14. The van der Waals surface area contributed by atoms with Crippen molar-refractivity contribution in [3.63, 3.8) is 0 Å². The summed E-state index contributed by atoms with van der Waals surface area (Å²) in [5.41, 5.74) is 0.569. The van der Waals surface area contributed by atoms with E-state index in [1.54, 1.807) is 26.4 Å². The lowest BCUT2D eigenvalue weighted by molar-refractivity contribution is 0.0638. The van der Waals surface area contributed by atoms with Crippen molar-refractivity contribution in [1.82, 2.24) is 4.90 Å². The van der Waals surface area contributed by atoms with Crippen molar-refractivity contribution < 1.29 is 14.3 Å². The molecule has 1 aliphatic heterocycles. The number of nitrogens with zero attached hydrogens (tertiary/aromatic N) is 1. The highest BCUT2D eigenvalue weighted by Gasteiger charge is 2.29. The molecule has 20 heavy (non-hydrogen) atoms. The Hall–Kier alpha value is -1.23. The number of piperidine rings is 1. The Kier molecular flexibility index (Phi) is 5.29. The molecule has 1 unspecified atom stereocenters. The van der Waals surface area contributed by atoms with Crippen LogP contribution in [0.15, 0.2) is 18.2 Å². The Morgan fingerprint density at radius 3 is 2.80 bits per heavy atom. The maximum atomic E-state index is 12.8. The van der Waals surface area contributed by atoms with Crippen molar-refractivity contribution >= 4 is 21.8 Å². The molecule has 4 nitrogen and oxygen atoms in total. The summed E-state index contributed by atoms with van der Waals surface area (Å²) < 4.78 is 10.6. The lowest BCUT2D eigenvalue weighted by Gasteiger charge is -2.35. The molecule has 1 fully saturated rings. The predicted molar refractivity (Wildman–Crippen MR) is 82.0 cm³/mol. The van der Waals surface area contributed by atoms with Crippen LogP contribution in [0.1, 0.15) is 29.6 Å². The van der Waals surface area contributed by atoms with Gasteiger partial charge in [-0.3, -0.25) is 4.79 Å². The average Bonchev–Trinajstić information content (AvgIpc) is 2.53. The van der Waals surface area contributed by atoms with Crippen molar-refractivity contribution in [3.05, 3.63) is 23.8 Å². The van der Waals surface area contributed by atoms with E-state index in [4.69, 9.17) is 9.47 Å². The molecule has 1 aliphatic rings. The zero-order valence-electron chi connectivity index (χ0n) is 11.9. The van der Waals surface area contributed by atoms with Gasteiger partial charge in [-0.2, -0.15) is 0 Å². The fourth-order valence-corrected chi connectivity index (χ4v) is 3.31. The zero-order valence-corrected chi connectivity index (χ0v) is 13.5. The Bertz CT molecular complexity index is 478. The van der Waals surface area contributed by atoms with Gasteiger partial charge in [-0.15, -0.1) is 0 Å². The second-order valence-electron chi connectivity index (χ2n) is 4.84. The van der Waals surface area contributed by atoms with Gasteiger partial charge in [-0.1, -0.05) is 22.0 Å². The first kappa shape index (κ1) is 15.2. The molecule has 0 bridgehead atoms. The van der Waals surface area contributed by atoms with Crippen LogP contribution in [-0.4, -0.2) is 42.9 Å². The molecule has 1 saturated heterocycles. The van der Waals surface area contributed by atoms with Crippen molar-refractivity contribution in [1.29, 1.82) is 0 Å². The number of ether oxygens (including phenoxy) is 2. The molecule has 0 spiro atoms. The SMILES string of the molecule is COc1cccc(C(=O)N2CCCCC2CBr)c1OC. The van der Waals surface area contributed by atoms with Crippen molar-refractivity contribution in [2.24, 2.45) is 0 Å². The summed E-state index contributed by atoms with van der Waals surface area (Å²) in [4.78, 5) is 14.7. The summed E-state index contributed by atoms with van der Waals surface area (Å²) in [6, 6.07) is 5.67. The molecule has 1 aromatic rings. The average molecular weight is 342 g/mol. The molecular formula is C15H20BrNO3. The van der Waals surface area contributed by atoms with E-state index in [-0.39, 0.29) is 11.9 Å². The zero-order chi connectivity index (χ0) is 14.5. The molecular weight excluding hydrogens is 322 g/mol. The number of hydrogen-bond acceptors (Lipinski definition) is 3. The minimum atomic E-state index is 0.0184. The van der Waals surface area contributed by atoms with Gasteiger partial charge in [0.1, 0.15) is 0 Å². The van der Waals surface area contributed by atoms with Gasteiger partial charge in [0.05, 0.1) is 19.8 Å². The standard InChI is InChI=1S/C15H20BrNO3/c1-19-13-8-5-7-12(14(13)20-2)15(18)17-9-4-3-6-11(17)10-16/h5,7-8,11H,3-4,6,9-10H2,1-2H3. The molecule has 1 atom stereocenters. The van der Waals surface area contributed by atoms with Gasteiger partial charge in [0.15, 0.2) is 11.5 Å². The van der Waals surface area contributed by atoms with Crippen molar-refractivity contribution in [3.8, 4) is 11.5 Å². The highest BCUT2D eigenvalue weighted by atomic mass is 79.9. The molecule has 5 heteroatoms. The molecule has 0 saturated carbocycles. The largest absolute Gasteiger partial charge is 0.493 e. The molecule has 1 amide bonds. The fraction of sp³-hybridized carbons (Fsp3) is 0.533. The van der Waals surface area contributed by atoms with Crippen LogP contribution in [0, 0.1) is 0 Å². The summed E-state index contributed by atoms with van der Waals surface area (Å²) >= 11 is 3.51. The van der Waals surface area contributed by atoms with E-state index in [1.807, 2.05) is 11.0 Å². The first-order valence-corrected chi connectivity index (χ1v) is 7.93. The van der Waals surface area contributed by atoms with Crippen LogP contribution in [0.3, 0.4) is 0 Å². The lowest BCUT2D eigenvalue weighted by atomic mass is 10.0. The van der Waals surface area contributed by atoms with Gasteiger partial charge in [0.2, 0.25) is 0 Å². The van der Waals surface area contributed by atoms with E-state index in [1.165, 1.54) is 6.42 Å². The molecule has 0 radical (unpaired) electrons. The molecule has 0 aromatic heterocycles. The quantitative estimate of drug-likeness (QED) is 0.790. The molecule has 110 valence electrons. The fourth-order valence-electron chi connectivity index (χ4n) is 2.64. The number of amides is 1. The number of likely N-dealkylation sites (tertiary alicyclic amines) is 1. The van der Waals surface area contributed by atoms with Gasteiger partial charge >= 0.3 is 0 Å². The number of methoxy groups -OCH3 is 2. The van der Waals surface area contributed by atoms with Crippen LogP contribution in [0.25, 0.3) is 0 Å². The van der Waals surface area contributed by atoms with Gasteiger partial charge in [-0.25, -0.2) is 0 Å². The highest BCUT2D eigenvalue weighted by Crippen LogP contribution is 2.33. The predicted octanol–water partition coefficient (Wildman–Crippen LogP) is 3.09. The number of para-hydroxylation sites is 1. The van der Waals surface area contributed by atoms with Crippen LogP contribution >= 0.6 is 15.9 Å². The van der Waals surface area contributed by atoms with Crippen LogP contribution in [0.5, 0.6) is 11.5 Å². The Morgan fingerprint density at radius 2 is 2.15 bits per heavy atom. The Morgan fingerprint density at radius 1 is 1.35 bits per heavy atom.